The highest BCUT2D eigenvalue weighted by atomic mass is 16.5. The van der Waals surface area contributed by atoms with Gasteiger partial charge in [-0.15, -0.1) is 0 Å². The molecule has 0 aliphatic carbocycles. The van der Waals surface area contributed by atoms with Crippen LogP contribution in [0.3, 0.4) is 0 Å². The summed E-state index contributed by atoms with van der Waals surface area (Å²) in [7, 11) is 0. The van der Waals surface area contributed by atoms with Crippen molar-refractivity contribution in [3.05, 3.63) is 48.0 Å². The highest BCUT2D eigenvalue weighted by molar-refractivity contribution is 5.67. The summed E-state index contributed by atoms with van der Waals surface area (Å²) in [4.78, 5) is 0. The van der Waals surface area contributed by atoms with Gasteiger partial charge in [0.05, 0.1) is 11.4 Å². The minimum absolute atomic E-state index is 0.237. The highest BCUT2D eigenvalue weighted by Gasteiger charge is 2.01. The monoisotopic (exact) mass is 245 g/mol. The van der Waals surface area contributed by atoms with Crippen LogP contribution in [0.5, 0.6) is 11.5 Å². The maximum atomic E-state index is 9.16. The molecule has 5 nitrogen and oxygen atoms in total. The number of nitrogens with one attached hydrogen (secondary N) is 1. The molecule has 0 aliphatic rings. The molecule has 0 amide bonds. The van der Waals surface area contributed by atoms with Crippen molar-refractivity contribution in [2.24, 2.45) is 5.84 Å². The lowest BCUT2D eigenvalue weighted by Crippen LogP contribution is -2.09. The number of ether oxygens (including phenoxy) is 1. The van der Waals surface area contributed by atoms with Gasteiger partial charge in [0.2, 0.25) is 0 Å². The van der Waals surface area contributed by atoms with Gasteiger partial charge in [-0.05, 0) is 29.8 Å². The molecule has 0 saturated heterocycles. The standard InChI is InChI=1S/C13H15N3O2/c14-12-6-5-11(7-13(12)16-15)18-8-9-1-3-10(17)4-2-9/h1-7,16-17H,8,14-15H2. The van der Waals surface area contributed by atoms with E-state index >= 15 is 0 Å². The SMILES string of the molecule is NNc1cc(OCc2ccc(O)cc2)ccc1N. The molecule has 0 unspecified atom stereocenters. The number of phenolic OH excluding ortho intramolecular Hbond substituents is 1. The second kappa shape index (κ2) is 5.29. The molecular weight excluding hydrogens is 230 g/mol. The molecule has 94 valence electrons. The average molecular weight is 245 g/mol. The lowest BCUT2D eigenvalue weighted by molar-refractivity contribution is 0.306. The normalized spacial score (nSPS) is 10.1. The number of phenols is 1. The van der Waals surface area contributed by atoms with Gasteiger partial charge < -0.3 is 21.0 Å². The number of benzene rings is 2. The van der Waals surface area contributed by atoms with Gasteiger partial charge in [-0.2, -0.15) is 0 Å². The van der Waals surface area contributed by atoms with Gasteiger partial charge >= 0.3 is 0 Å². The maximum Gasteiger partial charge on any atom is 0.122 e. The third kappa shape index (κ3) is 2.83. The molecule has 0 bridgehead atoms. The molecule has 6 N–H and O–H groups in total. The van der Waals surface area contributed by atoms with Crippen molar-refractivity contribution in [1.29, 1.82) is 0 Å². The van der Waals surface area contributed by atoms with Gasteiger partial charge in [-0.25, -0.2) is 0 Å². The molecule has 18 heavy (non-hydrogen) atoms. The molecule has 0 atom stereocenters. The summed E-state index contributed by atoms with van der Waals surface area (Å²) < 4.78 is 5.60. The predicted molar refractivity (Wildman–Crippen MR) is 71.1 cm³/mol. The molecule has 2 rings (SSSR count). The third-order valence-corrected chi connectivity index (χ3v) is 2.52. The van der Waals surface area contributed by atoms with Crippen molar-refractivity contribution >= 4 is 11.4 Å². The van der Waals surface area contributed by atoms with Crippen LogP contribution >= 0.6 is 0 Å². The number of hydrogen-bond donors (Lipinski definition) is 4. The molecule has 0 spiro atoms. The van der Waals surface area contributed by atoms with E-state index in [2.05, 4.69) is 5.43 Å². The highest BCUT2D eigenvalue weighted by Crippen LogP contribution is 2.24. The Morgan fingerprint density at radius 1 is 1.11 bits per heavy atom. The molecule has 0 radical (unpaired) electrons. The zero-order valence-electron chi connectivity index (χ0n) is 9.76. The Bertz CT molecular complexity index is 526. The number of hydrazine groups is 1. The largest absolute Gasteiger partial charge is 0.508 e. The van der Waals surface area contributed by atoms with Crippen LogP contribution in [-0.4, -0.2) is 5.11 Å². The summed E-state index contributed by atoms with van der Waals surface area (Å²) in [6.45, 7) is 0.411. The van der Waals surface area contributed by atoms with Crippen LogP contribution in [0.2, 0.25) is 0 Å². The smallest absolute Gasteiger partial charge is 0.122 e. The van der Waals surface area contributed by atoms with E-state index < -0.39 is 0 Å². The van der Waals surface area contributed by atoms with E-state index in [1.165, 1.54) is 0 Å². The Hall–Kier alpha value is -2.40. The maximum absolute atomic E-state index is 9.16. The quantitative estimate of drug-likeness (QED) is 0.374. The van der Waals surface area contributed by atoms with Crippen LogP contribution in [0.15, 0.2) is 42.5 Å². The molecule has 2 aromatic rings. The van der Waals surface area contributed by atoms with E-state index in [0.717, 1.165) is 5.56 Å². The number of aromatic hydroxyl groups is 1. The van der Waals surface area contributed by atoms with E-state index in [9.17, 15) is 0 Å². The fraction of sp³-hybridized carbons (Fsp3) is 0.0769. The summed E-state index contributed by atoms with van der Waals surface area (Å²) in [6, 6.07) is 12.1. The summed E-state index contributed by atoms with van der Waals surface area (Å²) >= 11 is 0. The minimum Gasteiger partial charge on any atom is -0.508 e. The predicted octanol–water partition coefficient (Wildman–Crippen LogP) is 1.84. The third-order valence-electron chi connectivity index (χ3n) is 2.52. The van der Waals surface area contributed by atoms with Gasteiger partial charge in [-0.3, -0.25) is 5.84 Å². The second-order valence-corrected chi connectivity index (χ2v) is 3.85. The fourth-order valence-electron chi connectivity index (χ4n) is 1.51. The minimum atomic E-state index is 0.237. The lowest BCUT2D eigenvalue weighted by atomic mass is 10.2. The Morgan fingerprint density at radius 2 is 1.83 bits per heavy atom. The van der Waals surface area contributed by atoms with Gasteiger partial charge in [0.15, 0.2) is 0 Å². The van der Waals surface area contributed by atoms with Crippen LogP contribution in [0.4, 0.5) is 11.4 Å². The summed E-state index contributed by atoms with van der Waals surface area (Å²) in [5.41, 5.74) is 10.4. The first-order valence-corrected chi connectivity index (χ1v) is 5.46. The molecule has 0 fully saturated rings. The van der Waals surface area contributed by atoms with Crippen molar-refractivity contribution in [1.82, 2.24) is 0 Å². The fourth-order valence-corrected chi connectivity index (χ4v) is 1.51. The number of rotatable bonds is 4. The first kappa shape index (κ1) is 12.1. The van der Waals surface area contributed by atoms with Crippen LogP contribution in [-0.2, 0) is 6.61 Å². The molecule has 2 aromatic carbocycles. The van der Waals surface area contributed by atoms with Crippen molar-refractivity contribution in [3.63, 3.8) is 0 Å². The first-order valence-electron chi connectivity index (χ1n) is 5.46. The Balaban J connectivity index is 2.04. The first-order chi connectivity index (χ1) is 8.69. The number of nitrogens with two attached hydrogens (primary N) is 2. The van der Waals surface area contributed by atoms with Crippen LogP contribution in [0.25, 0.3) is 0 Å². The molecule has 0 aromatic heterocycles. The summed E-state index contributed by atoms with van der Waals surface area (Å²) in [6.07, 6.45) is 0. The Morgan fingerprint density at radius 3 is 2.50 bits per heavy atom. The summed E-state index contributed by atoms with van der Waals surface area (Å²) in [5.74, 6) is 6.24. The molecule has 0 saturated carbocycles. The van der Waals surface area contributed by atoms with Crippen molar-refractivity contribution < 1.29 is 9.84 Å². The molecule has 0 heterocycles. The van der Waals surface area contributed by atoms with Crippen LogP contribution in [0.1, 0.15) is 5.56 Å². The Labute approximate surface area is 105 Å². The van der Waals surface area contributed by atoms with E-state index in [-0.39, 0.29) is 5.75 Å². The van der Waals surface area contributed by atoms with E-state index in [1.54, 1.807) is 42.5 Å². The zero-order chi connectivity index (χ0) is 13.0. The van der Waals surface area contributed by atoms with E-state index in [0.29, 0.717) is 23.7 Å². The van der Waals surface area contributed by atoms with E-state index in [1.807, 2.05) is 0 Å². The average Bonchev–Trinajstić information content (AvgIpc) is 2.39. The lowest BCUT2D eigenvalue weighted by Gasteiger charge is -2.10. The summed E-state index contributed by atoms with van der Waals surface area (Å²) in [5, 5.41) is 9.16. The second-order valence-electron chi connectivity index (χ2n) is 3.85. The Kier molecular flexibility index (Phi) is 3.54. The molecular formula is C13H15N3O2. The van der Waals surface area contributed by atoms with Crippen LogP contribution in [0, 0.1) is 0 Å². The van der Waals surface area contributed by atoms with Gasteiger partial charge in [-0.1, -0.05) is 12.1 Å². The van der Waals surface area contributed by atoms with Crippen molar-refractivity contribution in [2.45, 2.75) is 6.61 Å². The van der Waals surface area contributed by atoms with Crippen LogP contribution < -0.4 is 21.7 Å². The van der Waals surface area contributed by atoms with E-state index in [4.69, 9.17) is 21.4 Å². The van der Waals surface area contributed by atoms with Crippen molar-refractivity contribution in [2.75, 3.05) is 11.2 Å². The number of hydrogen-bond acceptors (Lipinski definition) is 5. The number of nitrogen functional groups attached to an aromatic ring is 2. The molecule has 0 aliphatic heterocycles. The molecule has 5 heteroatoms. The van der Waals surface area contributed by atoms with Gasteiger partial charge in [0.25, 0.3) is 0 Å². The topological polar surface area (TPSA) is 93.5 Å². The van der Waals surface area contributed by atoms with Crippen molar-refractivity contribution in [3.8, 4) is 11.5 Å². The van der Waals surface area contributed by atoms with Gasteiger partial charge in [0, 0.05) is 6.07 Å². The van der Waals surface area contributed by atoms with Gasteiger partial charge in [0.1, 0.15) is 18.1 Å². The number of anilines is 2. The zero-order valence-corrected chi connectivity index (χ0v) is 9.76.